The van der Waals surface area contributed by atoms with Gasteiger partial charge in [-0.1, -0.05) is 13.8 Å². The van der Waals surface area contributed by atoms with Gasteiger partial charge in [-0.05, 0) is 0 Å². The quantitative estimate of drug-likeness (QED) is 0.679. The summed E-state index contributed by atoms with van der Waals surface area (Å²) in [6.07, 6.45) is 1.51. The van der Waals surface area contributed by atoms with Gasteiger partial charge in [0.2, 0.25) is 0 Å². The third-order valence-corrected chi connectivity index (χ3v) is 1.40. The van der Waals surface area contributed by atoms with Crippen molar-refractivity contribution in [2.24, 2.45) is 0 Å². The van der Waals surface area contributed by atoms with E-state index in [0.29, 0.717) is 18.4 Å². The van der Waals surface area contributed by atoms with E-state index >= 15 is 0 Å². The smallest absolute Gasteiger partial charge is 0.250 e. The summed E-state index contributed by atoms with van der Waals surface area (Å²) >= 11 is 0. The first-order valence-corrected chi connectivity index (χ1v) is 3.96. The molecular weight excluding hydrogens is 154 g/mol. The van der Waals surface area contributed by atoms with Crippen molar-refractivity contribution in [2.75, 3.05) is 0 Å². The van der Waals surface area contributed by atoms with Gasteiger partial charge in [0, 0.05) is 18.3 Å². The van der Waals surface area contributed by atoms with Gasteiger partial charge in [0.25, 0.3) is 5.56 Å². The van der Waals surface area contributed by atoms with Gasteiger partial charge in [-0.2, -0.15) is 0 Å². The van der Waals surface area contributed by atoms with Gasteiger partial charge < -0.3 is 10.3 Å². The average Bonchev–Trinajstić information content (AvgIpc) is 2.01. The largest absolute Gasteiger partial charge is 0.309 e. The van der Waals surface area contributed by atoms with E-state index in [-0.39, 0.29) is 5.56 Å². The van der Waals surface area contributed by atoms with Crippen molar-refractivity contribution in [3.63, 3.8) is 0 Å². The zero-order valence-electron chi connectivity index (χ0n) is 7.29. The second-order valence-electron chi connectivity index (χ2n) is 2.92. The minimum atomic E-state index is -0.106. The number of aromatic amines is 1. The second-order valence-corrected chi connectivity index (χ2v) is 2.92. The van der Waals surface area contributed by atoms with Crippen LogP contribution in [0.15, 0.2) is 17.1 Å². The first-order valence-electron chi connectivity index (χ1n) is 3.96. The van der Waals surface area contributed by atoms with Gasteiger partial charge in [-0.25, -0.2) is 4.98 Å². The van der Waals surface area contributed by atoms with Gasteiger partial charge in [-0.3, -0.25) is 4.79 Å². The minimum Gasteiger partial charge on any atom is -0.309 e. The molecule has 0 saturated heterocycles. The van der Waals surface area contributed by atoms with Crippen LogP contribution >= 0.6 is 0 Å². The summed E-state index contributed by atoms with van der Waals surface area (Å²) in [5, 5.41) is 3.16. The van der Waals surface area contributed by atoms with Crippen molar-refractivity contribution >= 4 is 0 Å². The Morgan fingerprint density at radius 2 is 2.42 bits per heavy atom. The van der Waals surface area contributed by atoms with Crippen LogP contribution in [-0.4, -0.2) is 16.0 Å². The lowest BCUT2D eigenvalue weighted by Gasteiger charge is -2.05. The molecule has 4 heteroatoms. The highest BCUT2D eigenvalue weighted by molar-refractivity contribution is 4.88. The van der Waals surface area contributed by atoms with Crippen LogP contribution in [0.5, 0.6) is 0 Å². The van der Waals surface area contributed by atoms with Gasteiger partial charge in [0.1, 0.15) is 5.82 Å². The Bertz CT molecular complexity index is 292. The Balaban J connectivity index is 2.58. The lowest BCUT2D eigenvalue weighted by atomic mass is 10.4. The maximum Gasteiger partial charge on any atom is 0.250 e. The lowest BCUT2D eigenvalue weighted by molar-refractivity contribution is 0.571. The summed E-state index contributed by atoms with van der Waals surface area (Å²) < 4.78 is 0. The molecular formula is C8H13N3O. The predicted molar refractivity (Wildman–Crippen MR) is 46.8 cm³/mol. The fraction of sp³-hybridized carbons (Fsp3) is 0.500. The SMILES string of the molecule is CC(C)NCc1nccc(=O)[nH]1. The number of nitrogens with zero attached hydrogens (tertiary/aromatic N) is 1. The van der Waals surface area contributed by atoms with Crippen molar-refractivity contribution in [2.45, 2.75) is 26.4 Å². The molecule has 0 radical (unpaired) electrons. The van der Waals surface area contributed by atoms with Crippen LogP contribution in [0.25, 0.3) is 0 Å². The van der Waals surface area contributed by atoms with E-state index in [2.05, 4.69) is 15.3 Å². The summed E-state index contributed by atoms with van der Waals surface area (Å²) in [5.74, 6) is 0.677. The molecule has 0 unspecified atom stereocenters. The van der Waals surface area contributed by atoms with Crippen molar-refractivity contribution < 1.29 is 0 Å². The standard InChI is InChI=1S/C8H13N3O/c1-6(2)10-5-7-9-4-3-8(12)11-7/h3-4,6,10H,5H2,1-2H3,(H,9,11,12). The fourth-order valence-corrected chi connectivity index (χ4v) is 0.802. The van der Waals surface area contributed by atoms with Gasteiger partial charge in [0.15, 0.2) is 0 Å². The molecule has 2 N–H and O–H groups in total. The monoisotopic (exact) mass is 167 g/mol. The molecule has 0 aliphatic carbocycles. The molecule has 1 rings (SSSR count). The summed E-state index contributed by atoms with van der Waals surface area (Å²) in [6, 6.07) is 1.80. The maximum atomic E-state index is 10.8. The Kier molecular flexibility index (Phi) is 2.99. The average molecular weight is 167 g/mol. The van der Waals surface area contributed by atoms with Gasteiger partial charge in [-0.15, -0.1) is 0 Å². The van der Waals surface area contributed by atoms with Crippen molar-refractivity contribution in [1.82, 2.24) is 15.3 Å². The zero-order valence-corrected chi connectivity index (χ0v) is 7.29. The molecule has 12 heavy (non-hydrogen) atoms. The number of hydrogen-bond acceptors (Lipinski definition) is 3. The summed E-state index contributed by atoms with van der Waals surface area (Å²) in [7, 11) is 0. The summed E-state index contributed by atoms with van der Waals surface area (Å²) in [5.41, 5.74) is -0.106. The molecule has 0 aliphatic heterocycles. The predicted octanol–water partition coefficient (Wildman–Crippen LogP) is 0.268. The van der Waals surface area contributed by atoms with E-state index in [9.17, 15) is 4.79 Å². The Morgan fingerprint density at radius 1 is 1.67 bits per heavy atom. The van der Waals surface area contributed by atoms with Crippen molar-refractivity contribution in [1.29, 1.82) is 0 Å². The third-order valence-electron chi connectivity index (χ3n) is 1.40. The van der Waals surface area contributed by atoms with Gasteiger partial charge >= 0.3 is 0 Å². The molecule has 4 nitrogen and oxygen atoms in total. The number of nitrogens with one attached hydrogen (secondary N) is 2. The van der Waals surface area contributed by atoms with E-state index in [0.717, 1.165) is 0 Å². The molecule has 0 spiro atoms. The Labute approximate surface area is 71.0 Å². The second kappa shape index (κ2) is 4.01. The molecule has 0 bridgehead atoms. The molecule has 0 amide bonds. The number of H-pyrrole nitrogens is 1. The van der Waals surface area contributed by atoms with E-state index in [1.807, 2.05) is 13.8 Å². The molecule has 1 aromatic rings. The van der Waals surface area contributed by atoms with E-state index in [1.54, 1.807) is 0 Å². The first kappa shape index (κ1) is 8.93. The minimum absolute atomic E-state index is 0.106. The highest BCUT2D eigenvalue weighted by Crippen LogP contribution is 1.84. The molecule has 0 aliphatic rings. The lowest BCUT2D eigenvalue weighted by Crippen LogP contribution is -2.24. The molecule has 1 heterocycles. The number of rotatable bonds is 3. The zero-order chi connectivity index (χ0) is 8.97. The molecule has 0 atom stereocenters. The summed E-state index contributed by atoms with van der Waals surface area (Å²) in [4.78, 5) is 17.4. The maximum absolute atomic E-state index is 10.8. The number of hydrogen-bond donors (Lipinski definition) is 2. The third kappa shape index (κ3) is 2.84. The molecule has 0 fully saturated rings. The van der Waals surface area contributed by atoms with Crippen LogP contribution in [0.1, 0.15) is 19.7 Å². The van der Waals surface area contributed by atoms with Crippen molar-refractivity contribution in [3.05, 3.63) is 28.4 Å². The normalized spacial score (nSPS) is 10.6. The van der Waals surface area contributed by atoms with Crippen LogP contribution < -0.4 is 10.9 Å². The van der Waals surface area contributed by atoms with Crippen LogP contribution in [0.4, 0.5) is 0 Å². The number of aromatic nitrogens is 2. The molecule has 66 valence electrons. The molecule has 0 saturated carbocycles. The highest BCUT2D eigenvalue weighted by atomic mass is 16.1. The van der Waals surface area contributed by atoms with Crippen molar-refractivity contribution in [3.8, 4) is 0 Å². The van der Waals surface area contributed by atoms with Crippen LogP contribution in [-0.2, 0) is 6.54 Å². The Morgan fingerprint density at radius 3 is 3.00 bits per heavy atom. The van der Waals surface area contributed by atoms with E-state index in [1.165, 1.54) is 12.3 Å². The summed E-state index contributed by atoms with van der Waals surface area (Å²) in [6.45, 7) is 4.69. The van der Waals surface area contributed by atoms with Crippen LogP contribution in [0.3, 0.4) is 0 Å². The van der Waals surface area contributed by atoms with E-state index < -0.39 is 0 Å². The van der Waals surface area contributed by atoms with E-state index in [4.69, 9.17) is 0 Å². The van der Waals surface area contributed by atoms with Crippen LogP contribution in [0, 0.1) is 0 Å². The Hall–Kier alpha value is -1.16. The first-order chi connectivity index (χ1) is 5.68. The molecule has 0 aromatic carbocycles. The fourth-order valence-electron chi connectivity index (χ4n) is 0.802. The highest BCUT2D eigenvalue weighted by Gasteiger charge is 1.95. The molecule has 1 aromatic heterocycles. The van der Waals surface area contributed by atoms with Crippen LogP contribution in [0.2, 0.25) is 0 Å². The topological polar surface area (TPSA) is 57.8 Å². The van der Waals surface area contributed by atoms with Gasteiger partial charge in [0.05, 0.1) is 6.54 Å².